The van der Waals surface area contributed by atoms with Crippen molar-refractivity contribution in [1.29, 1.82) is 0 Å². The molecule has 0 aliphatic rings. The van der Waals surface area contributed by atoms with E-state index in [1.807, 2.05) is 19.1 Å². The third kappa shape index (κ3) is 3.46. The first-order valence-corrected chi connectivity index (χ1v) is 8.49. The Kier molecular flexibility index (Phi) is 4.78. The van der Waals surface area contributed by atoms with Crippen LogP contribution in [-0.4, -0.2) is 26.5 Å². The summed E-state index contributed by atoms with van der Waals surface area (Å²) in [5.74, 6) is 1.69. The number of furan rings is 1. The molecule has 7 heteroatoms. The summed E-state index contributed by atoms with van der Waals surface area (Å²) in [5.41, 5.74) is 2.82. The van der Waals surface area contributed by atoms with E-state index in [1.54, 1.807) is 22.3 Å². The SMILES string of the molecule is CCc1nc(CNc2cc(-c3ccoc3C)nn2CCO)cs1. The molecule has 2 N–H and O–H groups in total. The van der Waals surface area contributed by atoms with E-state index in [0.717, 1.165) is 40.0 Å². The summed E-state index contributed by atoms with van der Waals surface area (Å²) in [6, 6.07) is 3.87. The molecule has 3 heterocycles. The van der Waals surface area contributed by atoms with Crippen molar-refractivity contribution >= 4 is 17.2 Å². The molecule has 0 radical (unpaired) electrons. The topological polar surface area (TPSA) is 76.1 Å². The predicted octanol–water partition coefficient (Wildman–Crippen LogP) is 3.07. The number of aryl methyl sites for hydroxylation is 2. The van der Waals surface area contributed by atoms with Crippen molar-refractivity contribution in [3.8, 4) is 11.3 Å². The van der Waals surface area contributed by atoms with Crippen molar-refractivity contribution in [1.82, 2.24) is 14.8 Å². The second-order valence-corrected chi connectivity index (χ2v) is 6.13. The van der Waals surface area contributed by atoms with Gasteiger partial charge < -0.3 is 14.8 Å². The number of aliphatic hydroxyl groups is 1. The standard InChI is InChI=1S/C16H20N4O2S/c1-3-16-18-12(10-23-16)9-17-15-8-14(19-20(15)5-6-21)13-4-7-22-11(13)2/h4,7-8,10,17,21H,3,5-6,9H2,1-2H3. The number of aliphatic hydroxyl groups excluding tert-OH is 1. The van der Waals surface area contributed by atoms with Crippen LogP contribution in [0.1, 0.15) is 23.4 Å². The van der Waals surface area contributed by atoms with Crippen molar-refractivity contribution in [3.05, 3.63) is 40.2 Å². The Balaban J connectivity index is 1.79. The lowest BCUT2D eigenvalue weighted by atomic mass is 10.2. The van der Waals surface area contributed by atoms with Gasteiger partial charge in [0.15, 0.2) is 0 Å². The summed E-state index contributed by atoms with van der Waals surface area (Å²) >= 11 is 1.68. The monoisotopic (exact) mass is 332 g/mol. The lowest BCUT2D eigenvalue weighted by Gasteiger charge is -2.07. The van der Waals surface area contributed by atoms with Crippen LogP contribution in [0.2, 0.25) is 0 Å². The Morgan fingerprint density at radius 3 is 2.96 bits per heavy atom. The molecule has 3 aromatic rings. The first-order chi connectivity index (χ1) is 11.2. The number of hydrogen-bond donors (Lipinski definition) is 2. The van der Waals surface area contributed by atoms with Gasteiger partial charge in [-0.3, -0.25) is 0 Å². The van der Waals surface area contributed by atoms with Crippen molar-refractivity contribution in [2.75, 3.05) is 11.9 Å². The molecule has 0 saturated heterocycles. The summed E-state index contributed by atoms with van der Waals surface area (Å²) in [6.45, 7) is 5.13. The Morgan fingerprint density at radius 2 is 2.30 bits per heavy atom. The molecule has 0 aromatic carbocycles. The summed E-state index contributed by atoms with van der Waals surface area (Å²) < 4.78 is 7.12. The molecule has 6 nitrogen and oxygen atoms in total. The molecule has 0 aliphatic heterocycles. The Morgan fingerprint density at radius 1 is 1.43 bits per heavy atom. The van der Waals surface area contributed by atoms with Crippen molar-refractivity contribution < 1.29 is 9.52 Å². The minimum absolute atomic E-state index is 0.0385. The molecule has 0 bridgehead atoms. The second kappa shape index (κ2) is 6.97. The van der Waals surface area contributed by atoms with Crippen LogP contribution >= 0.6 is 11.3 Å². The van der Waals surface area contributed by atoms with Crippen LogP contribution in [0, 0.1) is 6.92 Å². The molecular formula is C16H20N4O2S. The van der Waals surface area contributed by atoms with Gasteiger partial charge in [0.05, 0.1) is 42.4 Å². The van der Waals surface area contributed by atoms with Crippen molar-refractivity contribution in [2.24, 2.45) is 0 Å². The van der Waals surface area contributed by atoms with E-state index in [0.29, 0.717) is 13.1 Å². The highest BCUT2D eigenvalue weighted by Gasteiger charge is 2.13. The van der Waals surface area contributed by atoms with Crippen LogP contribution < -0.4 is 5.32 Å². The first-order valence-electron chi connectivity index (χ1n) is 7.61. The number of nitrogens with zero attached hydrogens (tertiary/aromatic N) is 3. The molecule has 0 spiro atoms. The lowest BCUT2D eigenvalue weighted by molar-refractivity contribution is 0.270. The van der Waals surface area contributed by atoms with E-state index in [9.17, 15) is 5.11 Å². The molecule has 0 fully saturated rings. The Labute approximate surface area is 138 Å². The zero-order valence-electron chi connectivity index (χ0n) is 13.2. The average molecular weight is 332 g/mol. The normalized spacial score (nSPS) is 11.1. The zero-order chi connectivity index (χ0) is 16.2. The maximum atomic E-state index is 9.24. The van der Waals surface area contributed by atoms with E-state index >= 15 is 0 Å². The highest BCUT2D eigenvalue weighted by atomic mass is 32.1. The van der Waals surface area contributed by atoms with Gasteiger partial charge in [0.25, 0.3) is 0 Å². The van der Waals surface area contributed by atoms with Crippen molar-refractivity contribution in [3.63, 3.8) is 0 Å². The fourth-order valence-electron chi connectivity index (χ4n) is 2.38. The summed E-state index contributed by atoms with van der Waals surface area (Å²) in [6.07, 6.45) is 2.61. The molecule has 3 aromatic heterocycles. The van der Waals surface area contributed by atoms with E-state index in [-0.39, 0.29) is 6.61 Å². The van der Waals surface area contributed by atoms with E-state index < -0.39 is 0 Å². The molecule has 3 rings (SSSR count). The Bertz CT molecular complexity index is 775. The number of hydrogen-bond acceptors (Lipinski definition) is 6. The molecule has 0 aliphatic carbocycles. The molecule has 0 amide bonds. The van der Waals surface area contributed by atoms with Gasteiger partial charge in [-0.25, -0.2) is 9.67 Å². The van der Waals surface area contributed by atoms with Gasteiger partial charge in [0.1, 0.15) is 11.6 Å². The van der Waals surface area contributed by atoms with Gasteiger partial charge >= 0.3 is 0 Å². The summed E-state index contributed by atoms with van der Waals surface area (Å²) in [5, 5.41) is 20.4. The second-order valence-electron chi connectivity index (χ2n) is 5.19. The molecule has 0 unspecified atom stereocenters. The maximum absolute atomic E-state index is 9.24. The van der Waals surface area contributed by atoms with Gasteiger partial charge in [-0.05, 0) is 19.4 Å². The Hall–Kier alpha value is -2.12. The van der Waals surface area contributed by atoms with Crippen LogP contribution in [0.15, 0.2) is 28.2 Å². The van der Waals surface area contributed by atoms with Crippen LogP contribution in [0.3, 0.4) is 0 Å². The quantitative estimate of drug-likeness (QED) is 0.695. The number of thiazole rings is 1. The first kappa shape index (κ1) is 15.8. The van der Waals surface area contributed by atoms with Crippen LogP contribution in [0.5, 0.6) is 0 Å². The fraction of sp³-hybridized carbons (Fsp3) is 0.375. The third-order valence-electron chi connectivity index (χ3n) is 3.58. The fourth-order valence-corrected chi connectivity index (χ4v) is 3.12. The summed E-state index contributed by atoms with van der Waals surface area (Å²) in [7, 11) is 0. The highest BCUT2D eigenvalue weighted by molar-refractivity contribution is 7.09. The lowest BCUT2D eigenvalue weighted by Crippen LogP contribution is -2.10. The van der Waals surface area contributed by atoms with Crippen LogP contribution in [0.25, 0.3) is 11.3 Å². The molecule has 0 saturated carbocycles. The average Bonchev–Trinajstić information content (AvgIpc) is 3.25. The number of anilines is 1. The van der Waals surface area contributed by atoms with Gasteiger partial charge in [-0.1, -0.05) is 6.92 Å². The molecule has 0 atom stereocenters. The van der Waals surface area contributed by atoms with Gasteiger partial charge in [0, 0.05) is 17.0 Å². The van der Waals surface area contributed by atoms with Gasteiger partial charge in [-0.15, -0.1) is 11.3 Å². The predicted molar refractivity (Wildman–Crippen MR) is 90.6 cm³/mol. The minimum Gasteiger partial charge on any atom is -0.469 e. The number of nitrogens with one attached hydrogen (secondary N) is 1. The van der Waals surface area contributed by atoms with Crippen molar-refractivity contribution in [2.45, 2.75) is 33.4 Å². The van der Waals surface area contributed by atoms with Crippen LogP contribution in [0.4, 0.5) is 5.82 Å². The zero-order valence-corrected chi connectivity index (χ0v) is 14.1. The molecule has 122 valence electrons. The summed E-state index contributed by atoms with van der Waals surface area (Å²) in [4.78, 5) is 4.55. The van der Waals surface area contributed by atoms with Gasteiger partial charge in [0.2, 0.25) is 0 Å². The molecular weight excluding hydrogens is 312 g/mol. The van der Waals surface area contributed by atoms with E-state index in [2.05, 4.69) is 27.7 Å². The number of rotatable bonds is 7. The number of aromatic nitrogens is 3. The maximum Gasteiger partial charge on any atom is 0.125 e. The third-order valence-corrected chi connectivity index (χ3v) is 4.62. The van der Waals surface area contributed by atoms with E-state index in [1.165, 1.54) is 0 Å². The smallest absolute Gasteiger partial charge is 0.125 e. The minimum atomic E-state index is 0.0385. The van der Waals surface area contributed by atoms with Gasteiger partial charge in [-0.2, -0.15) is 5.10 Å². The van der Waals surface area contributed by atoms with E-state index in [4.69, 9.17) is 4.42 Å². The largest absolute Gasteiger partial charge is 0.469 e. The molecule has 23 heavy (non-hydrogen) atoms. The van der Waals surface area contributed by atoms with Crippen LogP contribution in [-0.2, 0) is 19.5 Å². The highest BCUT2D eigenvalue weighted by Crippen LogP contribution is 2.26.